The van der Waals surface area contributed by atoms with Crippen molar-refractivity contribution in [2.24, 2.45) is 0 Å². The molecule has 3 N–H and O–H groups in total. The Bertz CT molecular complexity index is 1510. The first kappa shape index (κ1) is 26.9. The highest BCUT2D eigenvalue weighted by Crippen LogP contribution is 2.46. The van der Waals surface area contributed by atoms with Gasteiger partial charge in [-0.3, -0.25) is 4.90 Å². The van der Waals surface area contributed by atoms with Gasteiger partial charge in [0.1, 0.15) is 29.4 Å². The molecule has 2 atom stereocenters. The number of aromatic nitrogens is 1. The molecule has 0 spiro atoms. The van der Waals surface area contributed by atoms with E-state index in [9.17, 15) is 9.90 Å². The molecular formula is C30H29Cl2N3O5. The first-order valence-corrected chi connectivity index (χ1v) is 14.0. The lowest BCUT2D eigenvalue weighted by molar-refractivity contribution is -0.132. The normalized spacial score (nSPS) is 22.7. The van der Waals surface area contributed by atoms with Crippen molar-refractivity contribution in [2.45, 2.75) is 50.5 Å². The number of hydrogen-bond acceptors (Lipinski definition) is 7. The number of nitrogens with zero attached hydrogens (tertiary/aromatic N) is 2. The lowest BCUT2D eigenvalue weighted by Gasteiger charge is -2.30. The predicted octanol–water partition coefficient (Wildman–Crippen LogP) is 5.76. The summed E-state index contributed by atoms with van der Waals surface area (Å²) in [4.78, 5) is 13.2. The number of carboxylic acid groups (broad SMARTS) is 1. The summed E-state index contributed by atoms with van der Waals surface area (Å²) in [5.41, 5.74) is 3.10. The molecule has 1 saturated heterocycles. The fraction of sp³-hybridized carbons (Fsp3) is 0.333. The lowest BCUT2D eigenvalue weighted by Crippen LogP contribution is -2.44. The molecule has 10 heteroatoms. The fourth-order valence-corrected chi connectivity index (χ4v) is 6.15. The Kier molecular flexibility index (Phi) is 7.12. The molecule has 2 fully saturated rings. The number of aliphatic carboxylic acids is 1. The van der Waals surface area contributed by atoms with Gasteiger partial charge in [0, 0.05) is 36.3 Å². The highest BCUT2D eigenvalue weighted by Gasteiger charge is 2.41. The zero-order valence-electron chi connectivity index (χ0n) is 21.9. The number of likely N-dealkylation sites (tertiary alicyclic amines) is 1. The zero-order valence-corrected chi connectivity index (χ0v) is 23.4. The van der Waals surface area contributed by atoms with E-state index in [-0.39, 0.29) is 18.3 Å². The van der Waals surface area contributed by atoms with Crippen LogP contribution in [0.4, 0.5) is 0 Å². The second-order valence-electron chi connectivity index (χ2n) is 10.6. The molecule has 0 bridgehead atoms. The van der Waals surface area contributed by atoms with Crippen molar-refractivity contribution in [3.05, 3.63) is 92.8 Å². The van der Waals surface area contributed by atoms with Gasteiger partial charge < -0.3 is 24.8 Å². The molecule has 208 valence electrons. The third kappa shape index (κ3) is 5.12. The van der Waals surface area contributed by atoms with Crippen LogP contribution in [-0.4, -0.2) is 45.5 Å². The maximum Gasteiger partial charge on any atom is 0.337 e. The topological polar surface area (TPSA) is 108 Å². The molecule has 3 aliphatic rings. The average Bonchev–Trinajstić information content (AvgIpc) is 3.57. The van der Waals surface area contributed by atoms with Crippen molar-refractivity contribution in [2.75, 3.05) is 13.1 Å². The van der Waals surface area contributed by atoms with Crippen molar-refractivity contribution in [1.82, 2.24) is 15.4 Å². The van der Waals surface area contributed by atoms with Crippen molar-refractivity contribution in [3.63, 3.8) is 0 Å². The molecule has 3 aromatic rings. The average molecular weight is 582 g/mol. The number of hydrogen-bond donors (Lipinski definition) is 3. The summed E-state index contributed by atoms with van der Waals surface area (Å²) in [6.07, 6.45) is 7.23. The Hall–Kier alpha value is -3.30. The summed E-state index contributed by atoms with van der Waals surface area (Å²) < 4.78 is 12.0. The molecule has 1 aliphatic carbocycles. The Morgan fingerprint density at radius 3 is 2.75 bits per heavy atom. The smallest absolute Gasteiger partial charge is 0.337 e. The molecule has 1 aromatic heterocycles. The second kappa shape index (κ2) is 10.6. The second-order valence-corrected chi connectivity index (χ2v) is 11.5. The largest absolute Gasteiger partial charge is 0.489 e. The Balaban J connectivity index is 1.18. The maximum atomic E-state index is 11.5. The summed E-state index contributed by atoms with van der Waals surface area (Å²) in [7, 11) is 0. The van der Waals surface area contributed by atoms with E-state index in [0.29, 0.717) is 52.5 Å². The van der Waals surface area contributed by atoms with Gasteiger partial charge in [-0.1, -0.05) is 46.6 Å². The number of aryl methyl sites for hydroxylation is 1. The summed E-state index contributed by atoms with van der Waals surface area (Å²) in [6.45, 7) is 3.20. The van der Waals surface area contributed by atoms with Gasteiger partial charge in [-0.25, -0.2) is 4.79 Å². The molecule has 3 heterocycles. The lowest BCUT2D eigenvalue weighted by atomic mass is 9.93. The zero-order chi connectivity index (χ0) is 28.0. The van der Waals surface area contributed by atoms with Gasteiger partial charge in [0.05, 0.1) is 27.3 Å². The van der Waals surface area contributed by atoms with Crippen molar-refractivity contribution in [3.8, 4) is 17.0 Å². The van der Waals surface area contributed by atoms with Crippen molar-refractivity contribution >= 4 is 29.2 Å². The molecule has 2 aliphatic heterocycles. The van der Waals surface area contributed by atoms with Gasteiger partial charge in [0.25, 0.3) is 0 Å². The molecule has 2 unspecified atom stereocenters. The van der Waals surface area contributed by atoms with Gasteiger partial charge >= 0.3 is 5.97 Å². The number of dihydropyridines is 1. The number of aliphatic hydroxyl groups is 1. The van der Waals surface area contributed by atoms with Crippen LogP contribution in [0.1, 0.15) is 47.6 Å². The van der Waals surface area contributed by atoms with Crippen LogP contribution in [0, 0.1) is 6.92 Å². The first-order chi connectivity index (χ1) is 19.2. The van der Waals surface area contributed by atoms with Crippen LogP contribution in [0.15, 0.2) is 64.8 Å². The van der Waals surface area contributed by atoms with E-state index in [1.807, 2.05) is 37.3 Å². The van der Waals surface area contributed by atoms with Crippen LogP contribution in [0.25, 0.3) is 11.3 Å². The monoisotopic (exact) mass is 581 g/mol. The number of rotatable bonds is 8. The van der Waals surface area contributed by atoms with E-state index in [2.05, 4.69) is 15.4 Å². The molecule has 8 nitrogen and oxygen atoms in total. The summed E-state index contributed by atoms with van der Waals surface area (Å²) in [6, 6.07) is 11.1. The van der Waals surface area contributed by atoms with Gasteiger partial charge in [0.15, 0.2) is 0 Å². The molecule has 6 rings (SSSR count). The van der Waals surface area contributed by atoms with Gasteiger partial charge in [-0.2, -0.15) is 0 Å². The summed E-state index contributed by atoms with van der Waals surface area (Å²) in [5, 5.41) is 29.2. The minimum atomic E-state index is -1.15. The van der Waals surface area contributed by atoms with Crippen molar-refractivity contribution < 1.29 is 24.3 Å². The Labute approximate surface area is 241 Å². The number of benzene rings is 2. The molecule has 40 heavy (non-hydrogen) atoms. The van der Waals surface area contributed by atoms with E-state index in [4.69, 9.17) is 37.6 Å². The Morgan fingerprint density at radius 2 is 2.08 bits per heavy atom. The van der Waals surface area contributed by atoms with E-state index in [1.165, 1.54) is 6.20 Å². The SMILES string of the molecule is Cc1cccc(Cl)c1-c1noc(C2CC2)c1COc1ccc(C2(O)CCN(C3C=CC(C(=O)O)=CN3)C2)c(Cl)c1. The number of carbonyl (C=O) groups is 1. The number of halogens is 2. The van der Waals surface area contributed by atoms with Crippen LogP contribution in [0.3, 0.4) is 0 Å². The van der Waals surface area contributed by atoms with E-state index < -0.39 is 11.6 Å². The molecular weight excluding hydrogens is 553 g/mol. The molecule has 2 aromatic carbocycles. The van der Waals surface area contributed by atoms with Crippen LogP contribution >= 0.6 is 23.2 Å². The van der Waals surface area contributed by atoms with Gasteiger partial charge in [-0.05, 0) is 62.1 Å². The van der Waals surface area contributed by atoms with Crippen LogP contribution in [0.5, 0.6) is 5.75 Å². The third-order valence-electron chi connectivity index (χ3n) is 7.84. The number of nitrogens with one attached hydrogen (secondary N) is 1. The standard InChI is InChI=1S/C30H29Cl2N3O5/c1-17-3-2-4-23(31)26(17)27-21(28(40-34-27)18-5-6-18)15-39-20-8-9-22(24(32)13-20)30(38)11-12-35(16-30)25-10-7-19(14-33-25)29(36)37/h2-4,7-10,13-14,18,25,33,38H,5-6,11-12,15-16H2,1H3,(H,36,37). The maximum absolute atomic E-state index is 11.5. The summed E-state index contributed by atoms with van der Waals surface area (Å²) >= 11 is 13.2. The number of β-amino-alcohol motifs (C(OH)–C–C–N with tert-alkyl or cyclic N) is 1. The van der Waals surface area contributed by atoms with E-state index in [1.54, 1.807) is 18.2 Å². The van der Waals surface area contributed by atoms with Crippen LogP contribution < -0.4 is 10.1 Å². The predicted molar refractivity (Wildman–Crippen MR) is 151 cm³/mol. The number of carboxylic acids is 1. The highest BCUT2D eigenvalue weighted by atomic mass is 35.5. The molecule has 0 amide bonds. The van der Waals surface area contributed by atoms with E-state index in [0.717, 1.165) is 35.3 Å². The quantitative estimate of drug-likeness (QED) is 0.308. The fourth-order valence-electron chi connectivity index (χ4n) is 5.49. The summed E-state index contributed by atoms with van der Waals surface area (Å²) in [5.74, 6) is 0.762. The van der Waals surface area contributed by atoms with Crippen LogP contribution in [0.2, 0.25) is 10.0 Å². The van der Waals surface area contributed by atoms with E-state index >= 15 is 0 Å². The minimum Gasteiger partial charge on any atom is -0.489 e. The van der Waals surface area contributed by atoms with Crippen LogP contribution in [-0.2, 0) is 17.0 Å². The Morgan fingerprint density at radius 1 is 1.25 bits per heavy atom. The van der Waals surface area contributed by atoms with Crippen molar-refractivity contribution in [1.29, 1.82) is 0 Å². The highest BCUT2D eigenvalue weighted by molar-refractivity contribution is 6.33. The third-order valence-corrected chi connectivity index (χ3v) is 8.46. The molecule has 0 radical (unpaired) electrons. The first-order valence-electron chi connectivity index (χ1n) is 13.2. The van der Waals surface area contributed by atoms with Gasteiger partial charge in [0.2, 0.25) is 0 Å². The minimum absolute atomic E-state index is 0.189. The number of ether oxygens (including phenoxy) is 1. The molecule has 1 saturated carbocycles. The van der Waals surface area contributed by atoms with Gasteiger partial charge in [-0.15, -0.1) is 0 Å².